The third kappa shape index (κ3) is 7.28. The highest BCUT2D eigenvalue weighted by atomic mass is 16.4. The Morgan fingerprint density at radius 3 is 2.17 bits per heavy atom. The maximum absolute atomic E-state index is 11.9. The van der Waals surface area contributed by atoms with Crippen molar-refractivity contribution in [2.24, 2.45) is 0 Å². The Labute approximate surface area is 138 Å². The molecule has 0 radical (unpaired) electrons. The molecule has 1 aromatic carbocycles. The number of aliphatic carboxylic acids is 1. The zero-order valence-electron chi connectivity index (χ0n) is 14.5. The number of carbonyl (C=O) groups is 2. The molecular weight excluding hydrogens is 292 g/mol. The van der Waals surface area contributed by atoms with Crippen molar-refractivity contribution in [3.63, 3.8) is 0 Å². The smallest absolute Gasteiger partial charge is 0.317 e. The molecule has 1 rings (SSSR count). The number of carboxylic acid groups (broad SMARTS) is 1. The molecule has 2 N–H and O–H groups in total. The number of benzene rings is 1. The number of rotatable bonds is 9. The fourth-order valence-corrected chi connectivity index (χ4v) is 2.25. The highest BCUT2D eigenvalue weighted by molar-refractivity contribution is 5.79. The first-order chi connectivity index (χ1) is 10.8. The molecule has 0 fully saturated rings. The minimum absolute atomic E-state index is 0.0143. The van der Waals surface area contributed by atoms with E-state index < -0.39 is 5.97 Å². The van der Waals surface area contributed by atoms with Gasteiger partial charge in [0.2, 0.25) is 5.91 Å². The summed E-state index contributed by atoms with van der Waals surface area (Å²) in [4.78, 5) is 24.4. The molecule has 5 nitrogen and oxygen atoms in total. The number of nitrogens with zero attached hydrogens (tertiary/aromatic N) is 1. The normalized spacial score (nSPS) is 11.3. The van der Waals surface area contributed by atoms with Crippen molar-refractivity contribution < 1.29 is 14.7 Å². The third-order valence-corrected chi connectivity index (χ3v) is 3.80. The maximum Gasteiger partial charge on any atom is 0.317 e. The second-order valence-electron chi connectivity index (χ2n) is 6.39. The summed E-state index contributed by atoms with van der Waals surface area (Å²) in [5, 5.41) is 11.7. The van der Waals surface area contributed by atoms with Gasteiger partial charge in [0, 0.05) is 12.6 Å². The molecule has 1 aromatic rings. The number of nitrogens with one attached hydrogen (secondary N) is 1. The van der Waals surface area contributed by atoms with Crippen LogP contribution in [0.3, 0.4) is 0 Å². The standard InChI is InChI=1S/C18H28N2O3/c1-13(2)16-7-5-15(6-8-16)9-10-19-17(21)11-20(14(3)4)12-18(22)23/h5-8,13-14H,9-12H2,1-4H3,(H,19,21)(H,22,23). The molecule has 5 heteroatoms. The SMILES string of the molecule is CC(C)c1ccc(CCNC(=O)CN(CC(=O)O)C(C)C)cc1. The van der Waals surface area contributed by atoms with Gasteiger partial charge in [0.1, 0.15) is 0 Å². The van der Waals surface area contributed by atoms with Crippen molar-refractivity contribution in [2.45, 2.75) is 46.1 Å². The summed E-state index contributed by atoms with van der Waals surface area (Å²) in [5.74, 6) is -0.546. The average Bonchev–Trinajstić information content (AvgIpc) is 2.46. The minimum Gasteiger partial charge on any atom is -0.480 e. The molecule has 1 amide bonds. The van der Waals surface area contributed by atoms with Gasteiger partial charge in [-0.3, -0.25) is 14.5 Å². The molecular formula is C18H28N2O3. The number of hydrogen-bond acceptors (Lipinski definition) is 3. The summed E-state index contributed by atoms with van der Waals surface area (Å²) in [6.45, 7) is 8.62. The second kappa shape index (κ2) is 9.30. The van der Waals surface area contributed by atoms with Crippen molar-refractivity contribution in [2.75, 3.05) is 19.6 Å². The third-order valence-electron chi connectivity index (χ3n) is 3.80. The Hall–Kier alpha value is -1.88. The predicted octanol–water partition coefficient (Wildman–Crippen LogP) is 2.26. The molecule has 0 aliphatic rings. The Kier molecular flexibility index (Phi) is 7.75. The summed E-state index contributed by atoms with van der Waals surface area (Å²) in [6, 6.07) is 8.43. The van der Waals surface area contributed by atoms with Crippen LogP contribution in [0.5, 0.6) is 0 Å². The van der Waals surface area contributed by atoms with Crippen LogP contribution in [0.4, 0.5) is 0 Å². The van der Waals surface area contributed by atoms with Crippen LogP contribution in [0.15, 0.2) is 24.3 Å². The Morgan fingerprint density at radius 1 is 1.09 bits per heavy atom. The Bertz CT molecular complexity index is 510. The van der Waals surface area contributed by atoms with Crippen molar-refractivity contribution >= 4 is 11.9 Å². The predicted molar refractivity (Wildman–Crippen MR) is 91.6 cm³/mol. The van der Waals surface area contributed by atoms with E-state index in [1.807, 2.05) is 13.8 Å². The Balaban J connectivity index is 2.39. The maximum atomic E-state index is 11.9. The quantitative estimate of drug-likeness (QED) is 0.732. The largest absolute Gasteiger partial charge is 0.480 e. The highest BCUT2D eigenvalue weighted by Gasteiger charge is 2.16. The minimum atomic E-state index is -0.920. The molecule has 128 valence electrons. The van der Waals surface area contributed by atoms with Crippen molar-refractivity contribution in [1.29, 1.82) is 0 Å². The van der Waals surface area contributed by atoms with Crippen LogP contribution in [-0.2, 0) is 16.0 Å². The van der Waals surface area contributed by atoms with Crippen molar-refractivity contribution in [3.05, 3.63) is 35.4 Å². The summed E-state index contributed by atoms with van der Waals surface area (Å²) in [6.07, 6.45) is 0.769. The summed E-state index contributed by atoms with van der Waals surface area (Å²) < 4.78 is 0. The van der Waals surface area contributed by atoms with E-state index in [1.165, 1.54) is 11.1 Å². The Morgan fingerprint density at radius 2 is 1.70 bits per heavy atom. The van der Waals surface area contributed by atoms with Crippen molar-refractivity contribution in [1.82, 2.24) is 10.2 Å². The van der Waals surface area contributed by atoms with E-state index in [2.05, 4.69) is 43.4 Å². The lowest BCUT2D eigenvalue weighted by Gasteiger charge is -2.23. The number of carboxylic acids is 1. The van der Waals surface area contributed by atoms with Gasteiger partial charge in [-0.1, -0.05) is 38.1 Å². The van der Waals surface area contributed by atoms with E-state index in [4.69, 9.17) is 5.11 Å². The van der Waals surface area contributed by atoms with Gasteiger partial charge in [-0.15, -0.1) is 0 Å². The number of hydrogen-bond donors (Lipinski definition) is 2. The zero-order chi connectivity index (χ0) is 17.4. The molecule has 0 unspecified atom stereocenters. The summed E-state index contributed by atoms with van der Waals surface area (Å²) >= 11 is 0. The van der Waals surface area contributed by atoms with Crippen LogP contribution in [0.2, 0.25) is 0 Å². The van der Waals surface area contributed by atoms with Crippen LogP contribution in [0.1, 0.15) is 44.7 Å². The summed E-state index contributed by atoms with van der Waals surface area (Å²) in [5.41, 5.74) is 2.49. The van der Waals surface area contributed by atoms with Gasteiger partial charge in [-0.25, -0.2) is 0 Å². The van der Waals surface area contributed by atoms with Gasteiger partial charge in [-0.2, -0.15) is 0 Å². The number of carbonyl (C=O) groups excluding carboxylic acids is 1. The highest BCUT2D eigenvalue weighted by Crippen LogP contribution is 2.14. The monoisotopic (exact) mass is 320 g/mol. The van der Waals surface area contributed by atoms with E-state index in [0.29, 0.717) is 12.5 Å². The second-order valence-corrected chi connectivity index (χ2v) is 6.39. The molecule has 0 heterocycles. The van der Waals surface area contributed by atoms with Crippen LogP contribution in [0, 0.1) is 0 Å². The van der Waals surface area contributed by atoms with E-state index in [1.54, 1.807) is 4.90 Å². The molecule has 0 atom stereocenters. The molecule has 0 spiro atoms. The van der Waals surface area contributed by atoms with Crippen LogP contribution in [0.25, 0.3) is 0 Å². The molecule has 0 aliphatic heterocycles. The average molecular weight is 320 g/mol. The lowest BCUT2D eigenvalue weighted by atomic mass is 10.0. The van der Waals surface area contributed by atoms with Crippen LogP contribution in [-0.4, -0.2) is 47.6 Å². The van der Waals surface area contributed by atoms with Gasteiger partial charge in [0.25, 0.3) is 0 Å². The van der Waals surface area contributed by atoms with Gasteiger partial charge in [-0.05, 0) is 37.3 Å². The molecule has 23 heavy (non-hydrogen) atoms. The fourth-order valence-electron chi connectivity index (χ4n) is 2.25. The lowest BCUT2D eigenvalue weighted by Crippen LogP contribution is -2.43. The van der Waals surface area contributed by atoms with Crippen LogP contribution < -0.4 is 5.32 Å². The molecule has 0 bridgehead atoms. The first kappa shape index (κ1) is 19.2. The van der Waals surface area contributed by atoms with E-state index in [9.17, 15) is 9.59 Å². The van der Waals surface area contributed by atoms with E-state index >= 15 is 0 Å². The number of amides is 1. The fraction of sp³-hybridized carbons (Fsp3) is 0.556. The van der Waals surface area contributed by atoms with Gasteiger partial charge < -0.3 is 10.4 Å². The van der Waals surface area contributed by atoms with E-state index in [-0.39, 0.29) is 25.0 Å². The zero-order valence-corrected chi connectivity index (χ0v) is 14.5. The first-order valence-electron chi connectivity index (χ1n) is 8.11. The van der Waals surface area contributed by atoms with Crippen LogP contribution >= 0.6 is 0 Å². The molecule has 0 aliphatic carbocycles. The topological polar surface area (TPSA) is 69.6 Å². The van der Waals surface area contributed by atoms with Crippen molar-refractivity contribution in [3.8, 4) is 0 Å². The molecule has 0 saturated carbocycles. The molecule has 0 aromatic heterocycles. The van der Waals surface area contributed by atoms with E-state index in [0.717, 1.165) is 6.42 Å². The van der Waals surface area contributed by atoms with Gasteiger partial charge in [0.05, 0.1) is 13.1 Å². The summed E-state index contributed by atoms with van der Waals surface area (Å²) in [7, 11) is 0. The van der Waals surface area contributed by atoms with Gasteiger partial charge in [0.15, 0.2) is 0 Å². The molecule has 0 saturated heterocycles. The van der Waals surface area contributed by atoms with Gasteiger partial charge >= 0.3 is 5.97 Å². The first-order valence-corrected chi connectivity index (χ1v) is 8.11. The lowest BCUT2D eigenvalue weighted by molar-refractivity contribution is -0.139.